The van der Waals surface area contributed by atoms with Crippen LogP contribution >= 0.6 is 0 Å². The molecule has 5 heteroatoms. The molecule has 0 amide bonds. The van der Waals surface area contributed by atoms with Crippen LogP contribution in [0.4, 0.5) is 0 Å². The van der Waals surface area contributed by atoms with Gasteiger partial charge in [-0.05, 0) is 29.9 Å². The first-order chi connectivity index (χ1) is 9.05. The number of aryl methyl sites for hydroxylation is 2. The number of fused-ring (bicyclic) bond motifs is 1. The van der Waals surface area contributed by atoms with Crippen LogP contribution in [0.15, 0.2) is 18.6 Å². The van der Waals surface area contributed by atoms with E-state index in [2.05, 4.69) is 45.9 Å². The maximum atomic E-state index is 6.28. The number of hydrogen-bond donors (Lipinski definition) is 2. The maximum absolute atomic E-state index is 6.28. The van der Waals surface area contributed by atoms with Crippen LogP contribution in [0, 0.1) is 5.41 Å². The lowest BCUT2D eigenvalue weighted by molar-refractivity contribution is 0.275. The Bertz CT molecular complexity index is 552. The number of nitrogens with two attached hydrogens (primary N) is 1. The summed E-state index contributed by atoms with van der Waals surface area (Å²) in [7, 11) is 0. The summed E-state index contributed by atoms with van der Waals surface area (Å²) in [5.41, 5.74) is 9.28. The summed E-state index contributed by atoms with van der Waals surface area (Å²) < 4.78 is 2.32. The fourth-order valence-electron chi connectivity index (χ4n) is 3.08. The van der Waals surface area contributed by atoms with Gasteiger partial charge in [-0.1, -0.05) is 13.8 Å². The lowest BCUT2D eigenvalue weighted by Crippen LogP contribution is -2.30. The highest BCUT2D eigenvalue weighted by atomic mass is 15.2. The summed E-state index contributed by atoms with van der Waals surface area (Å²) in [5.74, 6) is 0.932. The molecule has 0 fully saturated rings. The first-order valence-corrected chi connectivity index (χ1v) is 6.83. The number of aromatic nitrogens is 4. The number of aromatic amines is 1. The molecule has 0 bridgehead atoms. The van der Waals surface area contributed by atoms with Crippen LogP contribution in [-0.4, -0.2) is 19.7 Å². The highest BCUT2D eigenvalue weighted by molar-refractivity contribution is 5.30. The van der Waals surface area contributed by atoms with Gasteiger partial charge in [0.2, 0.25) is 0 Å². The van der Waals surface area contributed by atoms with E-state index in [0.29, 0.717) is 0 Å². The average molecular weight is 259 g/mol. The molecule has 5 nitrogen and oxygen atoms in total. The fraction of sp³-hybridized carbons (Fsp3) is 0.571. The predicted octanol–water partition coefficient (Wildman–Crippen LogP) is 1.82. The second-order valence-electron chi connectivity index (χ2n) is 6.24. The van der Waals surface area contributed by atoms with Crippen molar-refractivity contribution in [2.24, 2.45) is 11.1 Å². The van der Waals surface area contributed by atoms with E-state index >= 15 is 0 Å². The summed E-state index contributed by atoms with van der Waals surface area (Å²) >= 11 is 0. The zero-order valence-electron chi connectivity index (χ0n) is 11.6. The molecule has 1 aliphatic rings. The van der Waals surface area contributed by atoms with Crippen molar-refractivity contribution in [2.75, 3.05) is 0 Å². The van der Waals surface area contributed by atoms with Crippen LogP contribution in [0.5, 0.6) is 0 Å². The molecule has 0 saturated carbocycles. The number of nitrogens with one attached hydrogen (secondary N) is 1. The summed E-state index contributed by atoms with van der Waals surface area (Å²) in [6.45, 7) is 5.51. The minimum Gasteiger partial charge on any atom is -0.351 e. The Morgan fingerprint density at radius 3 is 3.11 bits per heavy atom. The molecule has 0 aromatic carbocycles. The maximum Gasteiger partial charge on any atom is 0.137 e. The van der Waals surface area contributed by atoms with E-state index in [1.807, 2.05) is 0 Å². The van der Waals surface area contributed by atoms with Crippen LogP contribution < -0.4 is 5.73 Å². The van der Waals surface area contributed by atoms with Crippen molar-refractivity contribution in [3.05, 3.63) is 35.7 Å². The number of hydrogen-bond acceptors (Lipinski definition) is 3. The van der Waals surface area contributed by atoms with Crippen LogP contribution in [0.2, 0.25) is 0 Å². The van der Waals surface area contributed by atoms with E-state index in [4.69, 9.17) is 5.73 Å². The fourth-order valence-corrected chi connectivity index (χ4v) is 3.08. The normalized spacial score (nSPS) is 21.3. The first-order valence-electron chi connectivity index (χ1n) is 6.83. The third kappa shape index (κ3) is 2.42. The summed E-state index contributed by atoms with van der Waals surface area (Å²) in [5, 5.41) is 6.78. The van der Waals surface area contributed by atoms with E-state index in [9.17, 15) is 0 Å². The van der Waals surface area contributed by atoms with Crippen LogP contribution in [-0.2, 0) is 19.4 Å². The van der Waals surface area contributed by atoms with Gasteiger partial charge in [-0.25, -0.2) is 4.98 Å². The zero-order valence-corrected chi connectivity index (χ0v) is 11.6. The van der Waals surface area contributed by atoms with Gasteiger partial charge >= 0.3 is 0 Å². The van der Waals surface area contributed by atoms with Gasteiger partial charge in [0, 0.05) is 30.9 Å². The van der Waals surface area contributed by atoms with Crippen molar-refractivity contribution in [1.82, 2.24) is 19.7 Å². The standard InChI is InChI=1S/C14H21N5/c1-14(2)7-11(15)10-3-5-19(12(10)8-14)6-4-13-16-9-17-18-13/h3,5,9,11H,4,6-8,15H2,1-2H3,(H,16,17,18). The predicted molar refractivity (Wildman–Crippen MR) is 73.5 cm³/mol. The Morgan fingerprint density at radius 1 is 1.53 bits per heavy atom. The van der Waals surface area contributed by atoms with Gasteiger partial charge in [-0.15, -0.1) is 0 Å². The van der Waals surface area contributed by atoms with E-state index < -0.39 is 0 Å². The second-order valence-corrected chi connectivity index (χ2v) is 6.24. The Labute approximate surface area is 113 Å². The molecular weight excluding hydrogens is 238 g/mol. The topological polar surface area (TPSA) is 72.5 Å². The van der Waals surface area contributed by atoms with E-state index in [0.717, 1.165) is 31.6 Å². The SMILES string of the molecule is CC1(C)Cc2c(ccn2CCc2ncn[nH]2)C(N)C1. The largest absolute Gasteiger partial charge is 0.351 e. The molecule has 1 aliphatic carbocycles. The van der Waals surface area contributed by atoms with Crippen molar-refractivity contribution in [3.63, 3.8) is 0 Å². The molecule has 2 aromatic rings. The molecule has 0 spiro atoms. The molecule has 102 valence electrons. The third-order valence-corrected chi connectivity index (χ3v) is 3.99. The molecule has 2 heterocycles. The van der Waals surface area contributed by atoms with Gasteiger partial charge in [0.1, 0.15) is 12.2 Å². The van der Waals surface area contributed by atoms with E-state index in [1.54, 1.807) is 6.33 Å². The smallest absolute Gasteiger partial charge is 0.137 e. The van der Waals surface area contributed by atoms with Gasteiger partial charge in [0.15, 0.2) is 0 Å². The summed E-state index contributed by atoms with van der Waals surface area (Å²) in [6.07, 6.45) is 6.74. The van der Waals surface area contributed by atoms with Gasteiger partial charge in [0.25, 0.3) is 0 Å². The highest BCUT2D eigenvalue weighted by Gasteiger charge is 2.32. The Balaban J connectivity index is 1.80. The average Bonchev–Trinajstić information content (AvgIpc) is 2.93. The molecule has 19 heavy (non-hydrogen) atoms. The first kappa shape index (κ1) is 12.4. The molecule has 1 unspecified atom stereocenters. The quantitative estimate of drug-likeness (QED) is 0.883. The van der Waals surface area contributed by atoms with Gasteiger partial charge in [-0.2, -0.15) is 5.10 Å². The van der Waals surface area contributed by atoms with Crippen molar-refractivity contribution in [2.45, 2.75) is 45.7 Å². The Morgan fingerprint density at radius 2 is 2.37 bits per heavy atom. The van der Waals surface area contributed by atoms with Gasteiger partial charge in [0.05, 0.1) is 0 Å². The zero-order chi connectivity index (χ0) is 13.5. The monoisotopic (exact) mass is 259 g/mol. The van der Waals surface area contributed by atoms with Crippen LogP contribution in [0.3, 0.4) is 0 Å². The Hall–Kier alpha value is -1.62. The minimum atomic E-state index is 0.172. The molecule has 0 aliphatic heterocycles. The van der Waals surface area contributed by atoms with Crippen molar-refractivity contribution >= 4 is 0 Å². The number of nitrogens with zero attached hydrogens (tertiary/aromatic N) is 3. The lowest BCUT2D eigenvalue weighted by Gasteiger charge is -2.34. The molecule has 0 saturated heterocycles. The van der Waals surface area contributed by atoms with E-state index in [-0.39, 0.29) is 11.5 Å². The third-order valence-electron chi connectivity index (χ3n) is 3.99. The van der Waals surface area contributed by atoms with Gasteiger partial charge < -0.3 is 10.3 Å². The molecular formula is C14H21N5. The molecule has 3 rings (SSSR count). The van der Waals surface area contributed by atoms with Crippen molar-refractivity contribution < 1.29 is 0 Å². The summed E-state index contributed by atoms with van der Waals surface area (Å²) in [6, 6.07) is 2.35. The highest BCUT2D eigenvalue weighted by Crippen LogP contribution is 2.39. The molecule has 3 N–H and O–H groups in total. The van der Waals surface area contributed by atoms with Gasteiger partial charge in [-0.3, -0.25) is 5.10 Å². The van der Waals surface area contributed by atoms with Crippen molar-refractivity contribution in [3.8, 4) is 0 Å². The number of rotatable bonds is 3. The van der Waals surface area contributed by atoms with Crippen molar-refractivity contribution in [1.29, 1.82) is 0 Å². The number of H-pyrrole nitrogens is 1. The summed E-state index contributed by atoms with van der Waals surface area (Å²) in [4.78, 5) is 4.17. The second kappa shape index (κ2) is 4.49. The molecule has 1 atom stereocenters. The van der Waals surface area contributed by atoms with E-state index in [1.165, 1.54) is 11.3 Å². The van der Waals surface area contributed by atoms with Crippen LogP contribution in [0.25, 0.3) is 0 Å². The minimum absolute atomic E-state index is 0.172. The Kier molecular flexibility index (Phi) is 2.93. The molecule has 0 radical (unpaired) electrons. The van der Waals surface area contributed by atoms with Crippen LogP contribution in [0.1, 0.15) is 43.4 Å². The molecule has 2 aromatic heterocycles. The lowest BCUT2D eigenvalue weighted by atomic mass is 9.74.